The van der Waals surface area contributed by atoms with Crippen molar-refractivity contribution < 1.29 is 0 Å². The Morgan fingerprint density at radius 1 is 1.47 bits per heavy atom. The van der Waals surface area contributed by atoms with Crippen LogP contribution in [0, 0.1) is 5.92 Å². The lowest BCUT2D eigenvalue weighted by atomic mass is 10.0. The molecule has 0 saturated carbocycles. The highest BCUT2D eigenvalue weighted by atomic mass is 15.6. The van der Waals surface area contributed by atoms with E-state index in [9.17, 15) is 0 Å². The van der Waals surface area contributed by atoms with Crippen molar-refractivity contribution in [3.63, 3.8) is 0 Å². The fourth-order valence-corrected chi connectivity index (χ4v) is 2.33. The molecule has 4 heteroatoms. The van der Waals surface area contributed by atoms with Crippen molar-refractivity contribution in [3.05, 3.63) is 23.5 Å². The highest BCUT2D eigenvalue weighted by Gasteiger charge is 2.21. The van der Waals surface area contributed by atoms with Crippen LogP contribution in [0.5, 0.6) is 0 Å². The zero-order valence-corrected chi connectivity index (χ0v) is 11.0. The summed E-state index contributed by atoms with van der Waals surface area (Å²) in [6.45, 7) is 6.69. The lowest BCUT2D eigenvalue weighted by Gasteiger charge is -2.39. The van der Waals surface area contributed by atoms with Gasteiger partial charge in [-0.2, -0.15) is 0 Å². The second kappa shape index (κ2) is 4.92. The Morgan fingerprint density at radius 3 is 2.65 bits per heavy atom. The smallest absolute Gasteiger partial charge is 0.132 e. The predicted octanol–water partition coefficient (Wildman–Crippen LogP) is 1.72. The van der Waals surface area contributed by atoms with Crippen LogP contribution in [0.25, 0.3) is 0 Å². The van der Waals surface area contributed by atoms with E-state index in [0.29, 0.717) is 5.84 Å². The van der Waals surface area contributed by atoms with Gasteiger partial charge in [0.05, 0.1) is 0 Å². The molecule has 0 bridgehead atoms. The summed E-state index contributed by atoms with van der Waals surface area (Å²) in [6.07, 6.45) is 6.28. The highest BCUT2D eigenvalue weighted by molar-refractivity contribution is 6.02. The molecule has 4 nitrogen and oxygen atoms in total. The molecule has 94 valence electrons. The molecule has 2 rings (SSSR count). The number of rotatable bonds is 2. The Morgan fingerprint density at radius 2 is 2.12 bits per heavy atom. The standard InChI is InChI=1S/C13H22N4/c1-10-5-8-17(9-6-10)16(3)11(2)12-4-7-15-13(12)14/h4,7,10H,5-6,8-9H2,1-3H3,(H2,14,15)/b12-11+. The molecule has 0 aromatic heterocycles. The van der Waals surface area contributed by atoms with Gasteiger partial charge >= 0.3 is 0 Å². The summed E-state index contributed by atoms with van der Waals surface area (Å²) in [5.41, 5.74) is 8.08. The molecule has 17 heavy (non-hydrogen) atoms. The number of hydrogen-bond donors (Lipinski definition) is 1. The Kier molecular flexibility index (Phi) is 3.52. The molecule has 0 aromatic rings. The van der Waals surface area contributed by atoms with Crippen molar-refractivity contribution in [2.75, 3.05) is 20.1 Å². The van der Waals surface area contributed by atoms with E-state index in [0.717, 1.165) is 24.6 Å². The first-order chi connectivity index (χ1) is 8.09. The Labute approximate surface area is 103 Å². The summed E-state index contributed by atoms with van der Waals surface area (Å²) < 4.78 is 0. The van der Waals surface area contributed by atoms with Crippen molar-refractivity contribution in [1.82, 2.24) is 10.0 Å². The van der Waals surface area contributed by atoms with Crippen LogP contribution in [0.3, 0.4) is 0 Å². The number of nitrogens with two attached hydrogens (primary N) is 1. The number of amidine groups is 1. The maximum Gasteiger partial charge on any atom is 0.132 e. The number of piperidine rings is 1. The molecule has 0 aliphatic carbocycles. The van der Waals surface area contributed by atoms with Gasteiger partial charge in [-0.1, -0.05) is 6.92 Å². The molecule has 2 N–H and O–H groups in total. The van der Waals surface area contributed by atoms with Crippen molar-refractivity contribution in [3.8, 4) is 0 Å². The van der Waals surface area contributed by atoms with E-state index >= 15 is 0 Å². The van der Waals surface area contributed by atoms with Gasteiger partial charge in [0.15, 0.2) is 0 Å². The van der Waals surface area contributed by atoms with Gasteiger partial charge in [-0.05, 0) is 31.8 Å². The number of hydrazine groups is 1. The zero-order valence-electron chi connectivity index (χ0n) is 11.0. The van der Waals surface area contributed by atoms with Crippen LogP contribution in [0.2, 0.25) is 0 Å². The summed E-state index contributed by atoms with van der Waals surface area (Å²) in [6, 6.07) is 0. The molecule has 0 atom stereocenters. The highest BCUT2D eigenvalue weighted by Crippen LogP contribution is 2.21. The van der Waals surface area contributed by atoms with Crippen LogP contribution in [-0.4, -0.2) is 36.0 Å². The molecular weight excluding hydrogens is 212 g/mol. The first kappa shape index (κ1) is 12.2. The number of allylic oxidation sites excluding steroid dienone is 1. The fraction of sp³-hybridized carbons (Fsp3) is 0.615. The maximum atomic E-state index is 5.85. The molecule has 2 heterocycles. The van der Waals surface area contributed by atoms with Gasteiger partial charge in [-0.3, -0.25) is 0 Å². The van der Waals surface area contributed by atoms with Crippen molar-refractivity contribution in [2.45, 2.75) is 26.7 Å². The molecular formula is C13H22N4. The molecule has 0 unspecified atom stereocenters. The molecule has 2 aliphatic rings. The van der Waals surface area contributed by atoms with Gasteiger partial charge in [0, 0.05) is 37.6 Å². The third kappa shape index (κ3) is 2.52. The van der Waals surface area contributed by atoms with Crippen LogP contribution >= 0.6 is 0 Å². The first-order valence-electron chi connectivity index (χ1n) is 6.29. The van der Waals surface area contributed by atoms with E-state index in [-0.39, 0.29) is 0 Å². The lowest BCUT2D eigenvalue weighted by Crippen LogP contribution is -2.44. The zero-order chi connectivity index (χ0) is 12.4. The molecule has 0 radical (unpaired) electrons. The largest absolute Gasteiger partial charge is 0.383 e. The van der Waals surface area contributed by atoms with Crippen LogP contribution in [0.4, 0.5) is 0 Å². The van der Waals surface area contributed by atoms with E-state index in [1.54, 1.807) is 6.20 Å². The molecule has 0 amide bonds. The second-order valence-electron chi connectivity index (χ2n) is 4.99. The van der Waals surface area contributed by atoms with Crippen molar-refractivity contribution in [1.29, 1.82) is 0 Å². The maximum absolute atomic E-state index is 5.85. The molecule has 1 saturated heterocycles. The third-order valence-corrected chi connectivity index (χ3v) is 3.79. The van der Waals surface area contributed by atoms with Crippen LogP contribution in [0.1, 0.15) is 26.7 Å². The van der Waals surface area contributed by atoms with E-state index < -0.39 is 0 Å². The minimum Gasteiger partial charge on any atom is -0.383 e. The minimum atomic E-state index is 0.625. The van der Waals surface area contributed by atoms with Gasteiger partial charge in [0.1, 0.15) is 5.84 Å². The van der Waals surface area contributed by atoms with Gasteiger partial charge in [0.25, 0.3) is 0 Å². The lowest BCUT2D eigenvalue weighted by molar-refractivity contribution is 0.00272. The quantitative estimate of drug-likeness (QED) is 0.791. The molecule has 0 spiro atoms. The van der Waals surface area contributed by atoms with Crippen molar-refractivity contribution >= 4 is 5.84 Å². The van der Waals surface area contributed by atoms with Crippen LogP contribution in [-0.2, 0) is 0 Å². The Balaban J connectivity index is 2.07. The topological polar surface area (TPSA) is 44.9 Å². The average Bonchev–Trinajstić information content (AvgIpc) is 2.74. The first-order valence-corrected chi connectivity index (χ1v) is 6.29. The van der Waals surface area contributed by atoms with E-state index in [4.69, 9.17) is 5.73 Å². The van der Waals surface area contributed by atoms with E-state index in [1.807, 2.05) is 6.08 Å². The van der Waals surface area contributed by atoms with Crippen LogP contribution in [0.15, 0.2) is 28.5 Å². The second-order valence-corrected chi connectivity index (χ2v) is 4.99. The normalized spacial score (nSPS) is 25.0. The summed E-state index contributed by atoms with van der Waals surface area (Å²) in [5.74, 6) is 1.48. The van der Waals surface area contributed by atoms with Crippen LogP contribution < -0.4 is 5.73 Å². The summed E-state index contributed by atoms with van der Waals surface area (Å²) >= 11 is 0. The summed E-state index contributed by atoms with van der Waals surface area (Å²) in [5, 5.41) is 4.61. The molecule has 2 aliphatic heterocycles. The monoisotopic (exact) mass is 234 g/mol. The Bertz CT molecular complexity index is 373. The Hall–Kier alpha value is -1.29. The van der Waals surface area contributed by atoms with Gasteiger partial charge in [-0.25, -0.2) is 10.0 Å². The van der Waals surface area contributed by atoms with Gasteiger partial charge in [0.2, 0.25) is 0 Å². The molecule has 0 aromatic carbocycles. The molecule has 1 fully saturated rings. The summed E-state index contributed by atoms with van der Waals surface area (Å²) in [7, 11) is 2.11. The fourth-order valence-electron chi connectivity index (χ4n) is 2.33. The van der Waals surface area contributed by atoms with Gasteiger partial charge in [-0.15, -0.1) is 0 Å². The number of hydrogen-bond acceptors (Lipinski definition) is 4. The number of aliphatic imine (C=N–C) groups is 1. The van der Waals surface area contributed by atoms with Gasteiger partial charge < -0.3 is 10.7 Å². The predicted molar refractivity (Wildman–Crippen MR) is 71.2 cm³/mol. The third-order valence-electron chi connectivity index (χ3n) is 3.79. The van der Waals surface area contributed by atoms with E-state index in [2.05, 4.69) is 35.9 Å². The SMILES string of the molecule is C/C(=C1/C=CN=C1N)N(C)N1CCC(C)CC1. The number of nitrogens with zero attached hydrogens (tertiary/aromatic N) is 3. The minimum absolute atomic E-state index is 0.625. The van der Waals surface area contributed by atoms with Crippen molar-refractivity contribution in [2.24, 2.45) is 16.6 Å². The summed E-state index contributed by atoms with van der Waals surface area (Å²) in [4.78, 5) is 4.09. The average molecular weight is 234 g/mol. The van der Waals surface area contributed by atoms with E-state index in [1.165, 1.54) is 18.5 Å².